The predicted molar refractivity (Wildman–Crippen MR) is 109 cm³/mol. The number of nitro groups is 1. The number of nitro benzene ring substituents is 1. The van der Waals surface area contributed by atoms with Gasteiger partial charge in [-0.15, -0.1) is 0 Å². The van der Waals surface area contributed by atoms with E-state index in [-0.39, 0.29) is 17.7 Å². The molecule has 0 fully saturated rings. The number of carbonyl (C=O) groups is 1. The molecular weight excluding hydrogens is 358 g/mol. The lowest BCUT2D eigenvalue weighted by Crippen LogP contribution is -2.24. The van der Waals surface area contributed by atoms with Gasteiger partial charge in [0.1, 0.15) is 5.75 Å². The largest absolute Gasteiger partial charge is 0.484 e. The Balaban J connectivity index is 1.80. The normalized spacial score (nSPS) is 11.7. The van der Waals surface area contributed by atoms with Gasteiger partial charge in [-0.25, -0.2) is 5.43 Å². The van der Waals surface area contributed by atoms with Crippen molar-refractivity contribution in [3.05, 3.63) is 75.8 Å². The summed E-state index contributed by atoms with van der Waals surface area (Å²) in [6.45, 7) is 6.20. The Labute approximate surface area is 163 Å². The molecule has 0 aliphatic carbocycles. The number of hydrogen-bond acceptors (Lipinski definition) is 5. The van der Waals surface area contributed by atoms with Gasteiger partial charge in [0.25, 0.3) is 11.6 Å². The van der Waals surface area contributed by atoms with Crippen LogP contribution in [0.25, 0.3) is 6.08 Å². The summed E-state index contributed by atoms with van der Waals surface area (Å²) in [5.74, 6) is 0.193. The topological polar surface area (TPSA) is 93.8 Å². The van der Waals surface area contributed by atoms with Crippen LogP contribution in [-0.4, -0.2) is 23.7 Å². The highest BCUT2D eigenvalue weighted by Gasteiger charge is 2.13. The van der Waals surface area contributed by atoms with Crippen LogP contribution in [0.4, 0.5) is 5.69 Å². The van der Waals surface area contributed by atoms with Crippen LogP contribution in [0.3, 0.4) is 0 Å². The number of carbonyl (C=O) groups excluding carboxylic acids is 1. The SMILES string of the molecule is CC(C)(C)c1ccc(OCC(=O)NN=CC=Cc2ccccc2[N+](=O)[O-])cc1. The molecule has 0 atom stereocenters. The minimum Gasteiger partial charge on any atom is -0.484 e. The van der Waals surface area contributed by atoms with E-state index >= 15 is 0 Å². The van der Waals surface area contributed by atoms with Gasteiger partial charge in [-0.2, -0.15) is 5.10 Å². The summed E-state index contributed by atoms with van der Waals surface area (Å²) in [6.07, 6.45) is 4.39. The van der Waals surface area contributed by atoms with Crippen LogP contribution in [0, 0.1) is 10.1 Å². The first kappa shape index (κ1) is 20.8. The molecule has 0 radical (unpaired) electrons. The van der Waals surface area contributed by atoms with E-state index in [2.05, 4.69) is 31.3 Å². The minimum atomic E-state index is -0.454. The first-order valence-electron chi connectivity index (χ1n) is 8.73. The van der Waals surface area contributed by atoms with E-state index in [1.165, 1.54) is 23.9 Å². The van der Waals surface area contributed by atoms with Crippen LogP contribution in [0.1, 0.15) is 31.9 Å². The lowest BCUT2D eigenvalue weighted by molar-refractivity contribution is -0.385. The van der Waals surface area contributed by atoms with Crippen molar-refractivity contribution in [2.75, 3.05) is 6.61 Å². The molecule has 28 heavy (non-hydrogen) atoms. The molecule has 0 aliphatic heterocycles. The number of benzene rings is 2. The molecule has 2 aromatic carbocycles. The molecule has 7 heteroatoms. The summed E-state index contributed by atoms with van der Waals surface area (Å²) in [7, 11) is 0. The third-order valence-corrected chi connectivity index (χ3v) is 3.85. The third-order valence-electron chi connectivity index (χ3n) is 3.85. The predicted octanol–water partition coefficient (Wildman–Crippen LogP) is 4.09. The number of ether oxygens (including phenoxy) is 1. The van der Waals surface area contributed by atoms with E-state index in [1.54, 1.807) is 24.3 Å². The molecular formula is C21H23N3O4. The number of allylic oxidation sites excluding steroid dienone is 1. The summed E-state index contributed by atoms with van der Waals surface area (Å²) in [5, 5.41) is 14.7. The highest BCUT2D eigenvalue weighted by Crippen LogP contribution is 2.24. The molecule has 0 spiro atoms. The van der Waals surface area contributed by atoms with Crippen molar-refractivity contribution in [3.63, 3.8) is 0 Å². The number of rotatable bonds is 7. The van der Waals surface area contributed by atoms with Gasteiger partial charge in [-0.05, 0) is 41.3 Å². The van der Waals surface area contributed by atoms with Gasteiger partial charge < -0.3 is 4.74 Å². The van der Waals surface area contributed by atoms with Gasteiger partial charge in [0, 0.05) is 12.3 Å². The second kappa shape index (κ2) is 9.45. The van der Waals surface area contributed by atoms with Crippen LogP contribution < -0.4 is 10.2 Å². The Morgan fingerprint density at radius 2 is 1.86 bits per heavy atom. The molecule has 0 heterocycles. The number of hydrogen-bond donors (Lipinski definition) is 1. The van der Waals surface area contributed by atoms with Crippen LogP contribution in [-0.2, 0) is 10.2 Å². The molecule has 0 saturated heterocycles. The van der Waals surface area contributed by atoms with E-state index in [0.717, 1.165) is 0 Å². The number of hydrazone groups is 1. The van der Waals surface area contributed by atoms with Gasteiger partial charge in [-0.1, -0.05) is 45.0 Å². The summed E-state index contributed by atoms with van der Waals surface area (Å²) in [4.78, 5) is 22.2. The molecule has 2 aromatic rings. The van der Waals surface area contributed by atoms with Crippen molar-refractivity contribution < 1.29 is 14.5 Å². The molecule has 7 nitrogen and oxygen atoms in total. The van der Waals surface area contributed by atoms with Crippen molar-refractivity contribution in [3.8, 4) is 5.75 Å². The molecule has 0 bridgehead atoms. The Hall–Kier alpha value is -3.48. The number of para-hydroxylation sites is 1. The average molecular weight is 381 g/mol. The van der Waals surface area contributed by atoms with Crippen molar-refractivity contribution in [1.29, 1.82) is 0 Å². The molecule has 2 rings (SSSR count). The maximum atomic E-state index is 11.8. The van der Waals surface area contributed by atoms with Crippen LogP contribution in [0.2, 0.25) is 0 Å². The van der Waals surface area contributed by atoms with Crippen LogP contribution in [0.5, 0.6) is 5.75 Å². The number of amides is 1. The zero-order valence-electron chi connectivity index (χ0n) is 16.1. The van der Waals surface area contributed by atoms with Gasteiger partial charge in [-0.3, -0.25) is 14.9 Å². The maximum Gasteiger partial charge on any atom is 0.277 e. The fourth-order valence-corrected chi connectivity index (χ4v) is 2.33. The molecule has 146 valence electrons. The lowest BCUT2D eigenvalue weighted by atomic mass is 9.87. The molecule has 0 aromatic heterocycles. The van der Waals surface area contributed by atoms with E-state index in [0.29, 0.717) is 11.3 Å². The van der Waals surface area contributed by atoms with E-state index in [4.69, 9.17) is 4.74 Å². The second-order valence-electron chi connectivity index (χ2n) is 7.05. The lowest BCUT2D eigenvalue weighted by Gasteiger charge is -2.19. The summed E-state index contributed by atoms with van der Waals surface area (Å²) < 4.78 is 5.42. The van der Waals surface area contributed by atoms with Crippen molar-refractivity contribution in [2.45, 2.75) is 26.2 Å². The second-order valence-corrected chi connectivity index (χ2v) is 7.05. The zero-order chi connectivity index (χ0) is 20.6. The highest BCUT2D eigenvalue weighted by molar-refractivity contribution is 5.82. The van der Waals surface area contributed by atoms with Crippen molar-refractivity contribution in [2.24, 2.45) is 5.10 Å². The Morgan fingerprint density at radius 3 is 2.50 bits per heavy atom. The monoisotopic (exact) mass is 381 g/mol. The first-order valence-corrected chi connectivity index (χ1v) is 8.73. The summed E-state index contributed by atoms with van der Waals surface area (Å²) in [5.41, 5.74) is 4.02. The third kappa shape index (κ3) is 6.35. The standard InChI is InChI=1S/C21H23N3O4/c1-21(2,3)17-10-12-18(13-11-17)28-15-20(25)23-22-14-6-8-16-7-4-5-9-19(16)24(26)27/h4-14H,15H2,1-3H3,(H,23,25). The fourth-order valence-electron chi connectivity index (χ4n) is 2.33. The van der Waals surface area contributed by atoms with E-state index in [1.807, 2.05) is 24.3 Å². The van der Waals surface area contributed by atoms with Crippen molar-refractivity contribution in [1.82, 2.24) is 5.43 Å². The minimum absolute atomic E-state index is 0.00191. The fraction of sp³-hybridized carbons (Fsp3) is 0.238. The van der Waals surface area contributed by atoms with E-state index in [9.17, 15) is 14.9 Å². The smallest absolute Gasteiger partial charge is 0.277 e. The molecule has 1 N–H and O–H groups in total. The molecule has 0 saturated carbocycles. The van der Waals surface area contributed by atoms with Crippen LogP contribution in [0.15, 0.2) is 59.7 Å². The maximum absolute atomic E-state index is 11.8. The highest BCUT2D eigenvalue weighted by atomic mass is 16.6. The van der Waals surface area contributed by atoms with Gasteiger partial charge in [0.15, 0.2) is 6.61 Å². The Bertz CT molecular complexity index is 881. The van der Waals surface area contributed by atoms with Crippen molar-refractivity contribution >= 4 is 23.9 Å². The Morgan fingerprint density at radius 1 is 1.18 bits per heavy atom. The Kier molecular flexibility index (Phi) is 7.03. The van der Waals surface area contributed by atoms with Gasteiger partial charge >= 0.3 is 0 Å². The van der Waals surface area contributed by atoms with Gasteiger partial charge in [0.05, 0.1) is 10.5 Å². The number of nitrogens with zero attached hydrogens (tertiary/aromatic N) is 2. The number of nitrogens with one attached hydrogen (secondary N) is 1. The zero-order valence-corrected chi connectivity index (χ0v) is 16.1. The average Bonchev–Trinajstić information content (AvgIpc) is 2.66. The first-order chi connectivity index (χ1) is 13.3. The molecule has 0 aliphatic rings. The summed E-state index contributed by atoms with van der Waals surface area (Å²) in [6, 6.07) is 13.9. The molecule has 0 unspecified atom stereocenters. The van der Waals surface area contributed by atoms with Crippen LogP contribution >= 0.6 is 0 Å². The molecule has 1 amide bonds. The quantitative estimate of drug-likeness (QED) is 0.444. The van der Waals surface area contributed by atoms with Gasteiger partial charge in [0.2, 0.25) is 0 Å². The summed E-state index contributed by atoms with van der Waals surface area (Å²) >= 11 is 0. The van der Waals surface area contributed by atoms with E-state index < -0.39 is 10.8 Å².